The first-order chi connectivity index (χ1) is 13.5. The molecule has 1 fully saturated rings. The average molecular weight is 445 g/mol. The molecule has 148 valence electrons. The number of hydrogen-bond donors (Lipinski definition) is 1. The molecule has 0 spiro atoms. The van der Waals surface area contributed by atoms with E-state index in [0.717, 1.165) is 25.9 Å². The Labute approximate surface area is 174 Å². The lowest BCUT2D eigenvalue weighted by Crippen LogP contribution is -2.38. The number of nitrogens with one attached hydrogen (secondary N) is 1. The predicted octanol–water partition coefficient (Wildman–Crippen LogP) is 4.97. The molecule has 2 amide bonds. The van der Waals surface area contributed by atoms with E-state index < -0.39 is 0 Å². The molecule has 1 heterocycles. The minimum Gasteiger partial charge on any atom is -0.493 e. The first-order valence-corrected chi connectivity index (χ1v) is 10.4. The number of carbonyl (C=O) groups is 2. The second-order valence-corrected chi connectivity index (χ2v) is 7.91. The summed E-state index contributed by atoms with van der Waals surface area (Å²) in [7, 11) is 0. The Morgan fingerprint density at radius 1 is 1.18 bits per heavy atom. The summed E-state index contributed by atoms with van der Waals surface area (Å²) in [5, 5.41) is 2.89. The monoisotopic (exact) mass is 444 g/mol. The van der Waals surface area contributed by atoms with Crippen LogP contribution in [0.15, 0.2) is 46.9 Å². The second kappa shape index (κ2) is 9.24. The maximum Gasteiger partial charge on any atom is 0.255 e. The zero-order valence-corrected chi connectivity index (χ0v) is 17.8. The molecular weight excluding hydrogens is 420 g/mol. The normalized spacial score (nSPS) is 14.6. The second-order valence-electron chi connectivity index (χ2n) is 7.05. The van der Waals surface area contributed by atoms with E-state index >= 15 is 0 Å². The van der Waals surface area contributed by atoms with E-state index in [4.69, 9.17) is 4.74 Å². The third kappa shape index (κ3) is 4.73. The quantitative estimate of drug-likeness (QED) is 0.707. The molecule has 2 aromatic carbocycles. The first kappa shape index (κ1) is 20.4. The fraction of sp³-hybridized carbons (Fsp3) is 0.364. The Bertz CT molecular complexity index is 861. The maximum atomic E-state index is 13.0. The summed E-state index contributed by atoms with van der Waals surface area (Å²) >= 11 is 3.43. The Morgan fingerprint density at radius 3 is 2.57 bits per heavy atom. The van der Waals surface area contributed by atoms with E-state index in [9.17, 15) is 9.59 Å². The predicted molar refractivity (Wildman–Crippen MR) is 114 cm³/mol. The van der Waals surface area contributed by atoms with Gasteiger partial charge in [0.05, 0.1) is 22.3 Å². The zero-order valence-electron chi connectivity index (χ0n) is 16.2. The number of nitrogens with zero attached hydrogens (tertiary/aromatic N) is 1. The lowest BCUT2D eigenvalue weighted by Gasteiger charge is -2.30. The van der Waals surface area contributed by atoms with E-state index in [1.54, 1.807) is 30.3 Å². The SMILES string of the molecule is CCOc1ccc(C(=O)Nc2ccccc2C(=O)N2CCC(C)CC2)cc1Br. The minimum absolute atomic E-state index is 0.0318. The Hall–Kier alpha value is -2.34. The van der Waals surface area contributed by atoms with Crippen LogP contribution in [0.2, 0.25) is 0 Å². The van der Waals surface area contributed by atoms with Crippen LogP contribution in [0.3, 0.4) is 0 Å². The number of carbonyl (C=O) groups excluding carboxylic acids is 2. The van der Waals surface area contributed by atoms with Gasteiger partial charge in [-0.05, 0) is 71.9 Å². The number of para-hydroxylation sites is 1. The van der Waals surface area contributed by atoms with Crippen LogP contribution < -0.4 is 10.1 Å². The van der Waals surface area contributed by atoms with Crippen molar-refractivity contribution in [3.8, 4) is 5.75 Å². The number of hydrogen-bond acceptors (Lipinski definition) is 3. The summed E-state index contributed by atoms with van der Waals surface area (Å²) in [6, 6.07) is 12.4. The molecule has 6 heteroatoms. The summed E-state index contributed by atoms with van der Waals surface area (Å²) in [5.74, 6) is 1.04. The summed E-state index contributed by atoms with van der Waals surface area (Å²) in [5.41, 5.74) is 1.54. The van der Waals surface area contributed by atoms with Gasteiger partial charge in [0.1, 0.15) is 5.75 Å². The van der Waals surface area contributed by atoms with Crippen molar-refractivity contribution in [1.82, 2.24) is 4.90 Å². The van der Waals surface area contributed by atoms with Gasteiger partial charge in [-0.2, -0.15) is 0 Å². The molecule has 0 saturated carbocycles. The fourth-order valence-corrected chi connectivity index (χ4v) is 3.76. The van der Waals surface area contributed by atoms with Gasteiger partial charge in [-0.3, -0.25) is 9.59 Å². The van der Waals surface area contributed by atoms with Gasteiger partial charge in [-0.1, -0.05) is 19.1 Å². The molecule has 1 aliphatic heterocycles. The average Bonchev–Trinajstić information content (AvgIpc) is 2.70. The molecule has 1 N–H and O–H groups in total. The number of piperidine rings is 1. The molecule has 0 unspecified atom stereocenters. The van der Waals surface area contributed by atoms with E-state index in [2.05, 4.69) is 28.2 Å². The van der Waals surface area contributed by atoms with Crippen LogP contribution in [0, 0.1) is 5.92 Å². The molecule has 2 aromatic rings. The highest BCUT2D eigenvalue weighted by molar-refractivity contribution is 9.10. The van der Waals surface area contributed by atoms with E-state index in [1.165, 1.54) is 0 Å². The number of halogens is 1. The van der Waals surface area contributed by atoms with Crippen LogP contribution in [0.5, 0.6) is 5.75 Å². The molecule has 5 nitrogen and oxygen atoms in total. The summed E-state index contributed by atoms with van der Waals surface area (Å²) in [6.07, 6.45) is 2.03. The molecule has 0 radical (unpaired) electrons. The topological polar surface area (TPSA) is 58.6 Å². The largest absolute Gasteiger partial charge is 0.493 e. The van der Waals surface area contributed by atoms with Gasteiger partial charge in [0.2, 0.25) is 0 Å². The number of ether oxygens (including phenoxy) is 1. The third-order valence-electron chi connectivity index (χ3n) is 4.97. The molecule has 3 rings (SSSR count). The van der Waals surface area contributed by atoms with Crippen molar-refractivity contribution in [2.75, 3.05) is 25.0 Å². The van der Waals surface area contributed by atoms with Gasteiger partial charge >= 0.3 is 0 Å². The molecule has 0 aromatic heterocycles. The standard InChI is InChI=1S/C22H25BrN2O3/c1-3-28-20-9-8-16(14-18(20)23)21(26)24-19-7-5-4-6-17(19)22(27)25-12-10-15(2)11-13-25/h4-9,14-15H,3,10-13H2,1-2H3,(H,24,26). The molecule has 28 heavy (non-hydrogen) atoms. The van der Waals surface area contributed by atoms with Gasteiger partial charge in [-0.15, -0.1) is 0 Å². The lowest BCUT2D eigenvalue weighted by atomic mass is 9.98. The molecule has 0 aliphatic carbocycles. The maximum absolute atomic E-state index is 13.0. The molecular formula is C22H25BrN2O3. The molecule has 0 bridgehead atoms. The Kier molecular flexibility index (Phi) is 6.73. The van der Waals surface area contributed by atoms with E-state index in [1.807, 2.05) is 24.0 Å². The van der Waals surface area contributed by atoms with Crippen LogP contribution in [0.1, 0.15) is 47.4 Å². The van der Waals surface area contributed by atoms with Gasteiger partial charge < -0.3 is 15.0 Å². The number of benzene rings is 2. The van der Waals surface area contributed by atoms with Crippen molar-refractivity contribution < 1.29 is 14.3 Å². The van der Waals surface area contributed by atoms with Crippen molar-refractivity contribution in [3.05, 3.63) is 58.1 Å². The summed E-state index contributed by atoms with van der Waals surface area (Å²) in [4.78, 5) is 27.6. The highest BCUT2D eigenvalue weighted by Crippen LogP contribution is 2.27. The Morgan fingerprint density at radius 2 is 1.89 bits per heavy atom. The van der Waals surface area contributed by atoms with Crippen LogP contribution >= 0.6 is 15.9 Å². The van der Waals surface area contributed by atoms with Crippen LogP contribution in [-0.4, -0.2) is 36.4 Å². The number of likely N-dealkylation sites (tertiary alicyclic amines) is 1. The Balaban J connectivity index is 1.77. The zero-order chi connectivity index (χ0) is 20.1. The fourth-order valence-electron chi connectivity index (χ4n) is 3.27. The lowest BCUT2D eigenvalue weighted by molar-refractivity contribution is 0.0698. The van der Waals surface area contributed by atoms with Gasteiger partial charge in [0.15, 0.2) is 0 Å². The van der Waals surface area contributed by atoms with Gasteiger partial charge in [-0.25, -0.2) is 0 Å². The van der Waals surface area contributed by atoms with Gasteiger partial charge in [0.25, 0.3) is 11.8 Å². The summed E-state index contributed by atoms with van der Waals surface area (Å²) < 4.78 is 6.20. The van der Waals surface area contributed by atoms with Crippen LogP contribution in [0.4, 0.5) is 5.69 Å². The smallest absolute Gasteiger partial charge is 0.255 e. The summed E-state index contributed by atoms with van der Waals surface area (Å²) in [6.45, 7) is 6.19. The molecule has 1 saturated heterocycles. The van der Waals surface area contributed by atoms with Crippen molar-refractivity contribution in [3.63, 3.8) is 0 Å². The minimum atomic E-state index is -0.267. The van der Waals surface area contributed by atoms with Crippen LogP contribution in [-0.2, 0) is 0 Å². The highest BCUT2D eigenvalue weighted by atomic mass is 79.9. The number of anilines is 1. The third-order valence-corrected chi connectivity index (χ3v) is 5.59. The first-order valence-electron chi connectivity index (χ1n) is 9.61. The van der Waals surface area contributed by atoms with Crippen molar-refractivity contribution >= 4 is 33.4 Å². The van der Waals surface area contributed by atoms with Crippen molar-refractivity contribution in [2.45, 2.75) is 26.7 Å². The van der Waals surface area contributed by atoms with Crippen molar-refractivity contribution in [1.29, 1.82) is 0 Å². The van der Waals surface area contributed by atoms with Gasteiger partial charge in [0, 0.05) is 18.7 Å². The number of rotatable bonds is 5. The number of amides is 2. The van der Waals surface area contributed by atoms with Crippen molar-refractivity contribution in [2.24, 2.45) is 5.92 Å². The van der Waals surface area contributed by atoms with E-state index in [-0.39, 0.29) is 11.8 Å². The van der Waals surface area contributed by atoms with E-state index in [0.29, 0.717) is 39.6 Å². The molecule has 1 aliphatic rings. The molecule has 0 atom stereocenters. The highest BCUT2D eigenvalue weighted by Gasteiger charge is 2.23. The van der Waals surface area contributed by atoms with Crippen LogP contribution in [0.25, 0.3) is 0 Å².